The molecule has 3 aromatic rings. The number of hydrogen-bond donors (Lipinski definition) is 0. The molecule has 0 amide bonds. The van der Waals surface area contributed by atoms with Crippen LogP contribution >= 0.6 is 0 Å². The molecule has 4 rings (SSSR count). The number of hydrogen-bond acceptors (Lipinski definition) is 5. The number of aromatic nitrogens is 2. The largest absolute Gasteiger partial charge is 0.494 e. The Morgan fingerprint density at radius 1 is 1.19 bits per heavy atom. The van der Waals surface area contributed by atoms with Crippen molar-refractivity contribution in [1.29, 1.82) is 0 Å². The molecule has 0 saturated carbocycles. The molecule has 6 nitrogen and oxygen atoms in total. The summed E-state index contributed by atoms with van der Waals surface area (Å²) in [5, 5.41) is 0.599. The van der Waals surface area contributed by atoms with E-state index in [1.807, 2.05) is 24.3 Å². The molecule has 31 heavy (non-hydrogen) atoms. The number of rotatable bonds is 7. The van der Waals surface area contributed by atoms with E-state index in [1.54, 1.807) is 10.9 Å². The van der Waals surface area contributed by atoms with Crippen molar-refractivity contribution in [2.45, 2.75) is 39.2 Å². The summed E-state index contributed by atoms with van der Waals surface area (Å²) >= 11 is 0. The van der Waals surface area contributed by atoms with Gasteiger partial charge in [-0.15, -0.1) is 0 Å². The minimum atomic E-state index is -0.0604. The third-order valence-electron chi connectivity index (χ3n) is 6.20. The Balaban J connectivity index is 1.60. The number of nitrogens with zero attached hydrogens (tertiary/aromatic N) is 4. The number of aryl methyl sites for hydroxylation is 1. The summed E-state index contributed by atoms with van der Waals surface area (Å²) in [7, 11) is 4.28. The van der Waals surface area contributed by atoms with Gasteiger partial charge in [-0.05, 0) is 69.8 Å². The van der Waals surface area contributed by atoms with E-state index in [1.165, 1.54) is 12.1 Å². The van der Waals surface area contributed by atoms with Crippen LogP contribution in [0.1, 0.15) is 31.7 Å². The van der Waals surface area contributed by atoms with Crippen molar-refractivity contribution in [3.05, 3.63) is 58.6 Å². The maximum absolute atomic E-state index is 13.2. The van der Waals surface area contributed by atoms with Crippen molar-refractivity contribution in [3.8, 4) is 11.4 Å². The zero-order chi connectivity index (χ0) is 22.0. The van der Waals surface area contributed by atoms with E-state index in [-0.39, 0.29) is 5.56 Å². The molecular formula is C25H32N4O2. The zero-order valence-corrected chi connectivity index (χ0v) is 19.0. The first kappa shape index (κ1) is 21.4. The Kier molecular flexibility index (Phi) is 6.28. The Morgan fingerprint density at radius 2 is 2.03 bits per heavy atom. The maximum Gasteiger partial charge on any atom is 0.265 e. The summed E-state index contributed by atoms with van der Waals surface area (Å²) in [6.45, 7) is 6.96. The first-order valence-corrected chi connectivity index (χ1v) is 11.1. The lowest BCUT2D eigenvalue weighted by molar-refractivity contribution is 0.310. The van der Waals surface area contributed by atoms with Gasteiger partial charge in [0, 0.05) is 30.9 Å². The highest BCUT2D eigenvalue weighted by Gasteiger charge is 2.24. The van der Waals surface area contributed by atoms with Gasteiger partial charge in [0.05, 0.1) is 23.2 Å². The SMILES string of the molecule is CCCCOc1ccc2c(=O)n(-c3ccc(N4CC[C@@H](N(C)C)C4)cc3C)cnc2c1. The fourth-order valence-electron chi connectivity index (χ4n) is 4.20. The van der Waals surface area contributed by atoms with Crippen LogP contribution in [-0.4, -0.2) is 54.3 Å². The Labute approximate surface area is 184 Å². The van der Waals surface area contributed by atoms with E-state index < -0.39 is 0 Å². The molecular weight excluding hydrogens is 388 g/mol. The predicted molar refractivity (Wildman–Crippen MR) is 127 cm³/mol. The summed E-state index contributed by atoms with van der Waals surface area (Å²) in [5.74, 6) is 0.757. The van der Waals surface area contributed by atoms with Gasteiger partial charge in [-0.1, -0.05) is 13.3 Å². The minimum absolute atomic E-state index is 0.0604. The van der Waals surface area contributed by atoms with Crippen LogP contribution in [0.15, 0.2) is 47.5 Å². The van der Waals surface area contributed by atoms with E-state index in [0.29, 0.717) is 23.6 Å². The first-order chi connectivity index (χ1) is 15.0. The van der Waals surface area contributed by atoms with Gasteiger partial charge >= 0.3 is 0 Å². The Bertz CT molecular complexity index is 1120. The molecule has 1 fully saturated rings. The number of likely N-dealkylation sites (N-methyl/N-ethyl adjacent to an activating group) is 1. The normalized spacial score (nSPS) is 16.4. The minimum Gasteiger partial charge on any atom is -0.494 e. The van der Waals surface area contributed by atoms with Gasteiger partial charge in [0.1, 0.15) is 12.1 Å². The van der Waals surface area contributed by atoms with Crippen LogP contribution in [0.3, 0.4) is 0 Å². The lowest BCUT2D eigenvalue weighted by Crippen LogP contribution is -2.31. The molecule has 0 N–H and O–H groups in total. The predicted octanol–water partition coefficient (Wildman–Crippen LogP) is 4.01. The summed E-state index contributed by atoms with van der Waals surface area (Å²) in [6, 6.07) is 12.4. The topological polar surface area (TPSA) is 50.6 Å². The number of unbranched alkanes of at least 4 members (excludes halogenated alkanes) is 1. The van der Waals surface area contributed by atoms with Crippen molar-refractivity contribution in [3.63, 3.8) is 0 Å². The average Bonchev–Trinajstić information content (AvgIpc) is 3.25. The number of fused-ring (bicyclic) bond motifs is 1. The molecule has 2 heterocycles. The van der Waals surface area contributed by atoms with Crippen LogP contribution in [-0.2, 0) is 0 Å². The van der Waals surface area contributed by atoms with Gasteiger partial charge in [0.2, 0.25) is 0 Å². The summed E-state index contributed by atoms with van der Waals surface area (Å²) in [4.78, 5) is 22.4. The molecule has 0 unspecified atom stereocenters. The molecule has 1 aromatic heterocycles. The zero-order valence-electron chi connectivity index (χ0n) is 19.0. The molecule has 0 radical (unpaired) electrons. The third-order valence-corrected chi connectivity index (χ3v) is 6.20. The molecule has 1 atom stereocenters. The Morgan fingerprint density at radius 3 is 2.74 bits per heavy atom. The van der Waals surface area contributed by atoms with Crippen molar-refractivity contribution >= 4 is 16.6 Å². The second-order valence-electron chi connectivity index (χ2n) is 8.62. The van der Waals surface area contributed by atoms with E-state index in [2.05, 4.69) is 54.9 Å². The van der Waals surface area contributed by atoms with Crippen LogP contribution in [0.5, 0.6) is 5.75 Å². The maximum atomic E-state index is 13.2. The first-order valence-electron chi connectivity index (χ1n) is 11.1. The van der Waals surface area contributed by atoms with Gasteiger partial charge in [0.25, 0.3) is 5.56 Å². The van der Waals surface area contributed by atoms with Crippen molar-refractivity contribution in [2.24, 2.45) is 0 Å². The lowest BCUT2D eigenvalue weighted by atomic mass is 10.1. The molecule has 0 bridgehead atoms. The molecule has 0 spiro atoms. The van der Waals surface area contributed by atoms with Crippen LogP contribution in [0.4, 0.5) is 5.69 Å². The average molecular weight is 421 g/mol. The molecule has 2 aromatic carbocycles. The van der Waals surface area contributed by atoms with Crippen LogP contribution in [0.2, 0.25) is 0 Å². The van der Waals surface area contributed by atoms with Crippen molar-refractivity contribution in [1.82, 2.24) is 14.5 Å². The van der Waals surface area contributed by atoms with Gasteiger partial charge in [-0.3, -0.25) is 9.36 Å². The highest BCUT2D eigenvalue weighted by atomic mass is 16.5. The fraction of sp³-hybridized carbons (Fsp3) is 0.440. The summed E-state index contributed by atoms with van der Waals surface area (Å²) in [5.41, 5.74) is 3.75. The van der Waals surface area contributed by atoms with E-state index in [9.17, 15) is 4.79 Å². The highest BCUT2D eigenvalue weighted by molar-refractivity contribution is 5.79. The molecule has 1 aliphatic heterocycles. The smallest absolute Gasteiger partial charge is 0.265 e. The third kappa shape index (κ3) is 4.44. The lowest BCUT2D eigenvalue weighted by Gasteiger charge is -2.22. The van der Waals surface area contributed by atoms with Gasteiger partial charge < -0.3 is 14.5 Å². The quantitative estimate of drug-likeness (QED) is 0.541. The summed E-state index contributed by atoms with van der Waals surface area (Å²) in [6.07, 6.45) is 4.89. The Hall–Kier alpha value is -2.86. The number of ether oxygens (including phenoxy) is 1. The van der Waals surface area contributed by atoms with Crippen molar-refractivity contribution in [2.75, 3.05) is 38.7 Å². The van der Waals surface area contributed by atoms with Gasteiger partial charge in [-0.25, -0.2) is 4.98 Å². The fourth-order valence-corrected chi connectivity index (χ4v) is 4.20. The second-order valence-corrected chi connectivity index (χ2v) is 8.62. The van der Waals surface area contributed by atoms with Crippen LogP contribution < -0.4 is 15.2 Å². The van der Waals surface area contributed by atoms with Crippen LogP contribution in [0, 0.1) is 6.92 Å². The van der Waals surface area contributed by atoms with Gasteiger partial charge in [0.15, 0.2) is 0 Å². The number of benzene rings is 2. The van der Waals surface area contributed by atoms with Crippen LogP contribution in [0.25, 0.3) is 16.6 Å². The monoisotopic (exact) mass is 420 g/mol. The van der Waals surface area contributed by atoms with Crippen molar-refractivity contribution < 1.29 is 4.74 Å². The molecule has 6 heteroatoms. The van der Waals surface area contributed by atoms with E-state index in [4.69, 9.17) is 4.74 Å². The molecule has 164 valence electrons. The van der Waals surface area contributed by atoms with Gasteiger partial charge in [-0.2, -0.15) is 0 Å². The molecule has 1 saturated heterocycles. The van der Waals surface area contributed by atoms with E-state index >= 15 is 0 Å². The molecule has 0 aliphatic carbocycles. The summed E-state index contributed by atoms with van der Waals surface area (Å²) < 4.78 is 7.40. The molecule has 1 aliphatic rings. The van der Waals surface area contributed by atoms with E-state index in [0.717, 1.165) is 42.9 Å². The second kappa shape index (κ2) is 9.10. The highest BCUT2D eigenvalue weighted by Crippen LogP contribution is 2.26. The number of anilines is 1. The standard InChI is InChI=1S/C25H32N4O2/c1-5-6-13-31-21-8-9-22-23(15-21)26-17-29(25(22)30)24-10-7-19(14-18(24)2)28-12-11-20(16-28)27(3)4/h7-10,14-15,17,20H,5-6,11-13,16H2,1-4H3/t20-/m1/s1.